The largest absolute Gasteiger partial charge is 0.445 e. The third kappa shape index (κ3) is 7.12. The Hall–Kier alpha value is -3.40. The van der Waals surface area contributed by atoms with Gasteiger partial charge in [-0.3, -0.25) is 4.79 Å². The first-order chi connectivity index (χ1) is 18.2. The van der Waals surface area contributed by atoms with E-state index in [0.717, 1.165) is 11.1 Å². The van der Waals surface area contributed by atoms with Crippen molar-refractivity contribution in [2.24, 2.45) is 5.92 Å². The lowest BCUT2D eigenvalue weighted by Crippen LogP contribution is -2.36. The second-order valence-electron chi connectivity index (χ2n) is 9.13. The summed E-state index contributed by atoms with van der Waals surface area (Å²) in [6.07, 6.45) is 0.234. The zero-order chi connectivity index (χ0) is 27.1. The summed E-state index contributed by atoms with van der Waals surface area (Å²) in [5.74, 6) is -0.700. The van der Waals surface area contributed by atoms with Crippen LogP contribution in [0.2, 0.25) is 5.02 Å². The minimum absolute atomic E-state index is 0.0348. The topological polar surface area (TPSA) is 102 Å². The molecule has 1 heterocycles. The molecule has 0 bridgehead atoms. The number of nitrogens with one attached hydrogen (secondary N) is 1. The van der Waals surface area contributed by atoms with Gasteiger partial charge in [0, 0.05) is 29.6 Å². The number of nitrogens with zero attached hydrogens (tertiary/aromatic N) is 1. The third-order valence-corrected chi connectivity index (χ3v) is 8.16. The average Bonchev–Trinajstić information content (AvgIpc) is 3.15. The molecule has 0 radical (unpaired) electrons. The Kier molecular flexibility index (Phi) is 9.04. The van der Waals surface area contributed by atoms with Crippen LogP contribution in [0.15, 0.2) is 77.7 Å². The highest BCUT2D eigenvalue weighted by atomic mass is 35.5. The first-order valence-corrected chi connectivity index (χ1v) is 14.0. The number of rotatable bonds is 7. The van der Waals surface area contributed by atoms with Crippen LogP contribution < -0.4 is 4.72 Å². The quantitative estimate of drug-likeness (QED) is 0.456. The molecule has 4 rings (SSSR count). The average molecular weight is 557 g/mol. The van der Waals surface area contributed by atoms with Gasteiger partial charge >= 0.3 is 6.09 Å². The van der Waals surface area contributed by atoms with Crippen LogP contribution in [0, 0.1) is 12.8 Å². The van der Waals surface area contributed by atoms with E-state index in [2.05, 4.69) is 4.72 Å². The van der Waals surface area contributed by atoms with E-state index in [4.69, 9.17) is 21.1 Å². The van der Waals surface area contributed by atoms with Crippen LogP contribution in [-0.2, 0) is 32.5 Å². The molecule has 0 aliphatic carbocycles. The number of hydrogen-bond donors (Lipinski definition) is 1. The van der Waals surface area contributed by atoms with Gasteiger partial charge in [0.15, 0.2) is 0 Å². The van der Waals surface area contributed by atoms with Crippen molar-refractivity contribution in [2.75, 3.05) is 26.3 Å². The van der Waals surface area contributed by atoms with Gasteiger partial charge in [0.25, 0.3) is 15.9 Å². The van der Waals surface area contributed by atoms with Crippen molar-refractivity contribution in [3.63, 3.8) is 0 Å². The van der Waals surface area contributed by atoms with E-state index in [-0.39, 0.29) is 29.1 Å². The number of carbonyl (C=O) groups is 2. The number of hydrogen-bond acceptors (Lipinski definition) is 6. The second kappa shape index (κ2) is 12.4. The molecule has 1 N–H and O–H groups in total. The summed E-state index contributed by atoms with van der Waals surface area (Å²) in [5.41, 5.74) is 2.43. The van der Waals surface area contributed by atoms with Crippen molar-refractivity contribution in [3.8, 4) is 0 Å². The van der Waals surface area contributed by atoms with Crippen molar-refractivity contribution in [1.29, 1.82) is 0 Å². The van der Waals surface area contributed by atoms with Crippen molar-refractivity contribution in [3.05, 3.63) is 100 Å². The Morgan fingerprint density at radius 3 is 2.50 bits per heavy atom. The van der Waals surface area contributed by atoms with E-state index in [0.29, 0.717) is 43.3 Å². The van der Waals surface area contributed by atoms with Crippen molar-refractivity contribution >= 4 is 33.6 Å². The number of amides is 2. The van der Waals surface area contributed by atoms with Crippen LogP contribution in [0.4, 0.5) is 4.79 Å². The molecule has 1 unspecified atom stereocenters. The van der Waals surface area contributed by atoms with E-state index >= 15 is 0 Å². The molecule has 3 aromatic carbocycles. The Labute approximate surface area is 227 Å². The molecule has 38 heavy (non-hydrogen) atoms. The van der Waals surface area contributed by atoms with Crippen LogP contribution in [0.1, 0.15) is 27.0 Å². The van der Waals surface area contributed by atoms with Gasteiger partial charge in [0.05, 0.1) is 18.1 Å². The molecule has 8 nitrogen and oxygen atoms in total. The SMILES string of the molecule is Cc1c(Cl)cccc1S(=O)(=O)NC(=O)c1ccc(CC2COCCN(C(=O)OCc3ccccc3)C2)cc1. The van der Waals surface area contributed by atoms with Gasteiger partial charge in [-0.05, 0) is 54.3 Å². The lowest BCUT2D eigenvalue weighted by Gasteiger charge is -2.23. The van der Waals surface area contributed by atoms with E-state index in [1.54, 1.807) is 42.2 Å². The minimum atomic E-state index is -4.08. The molecule has 10 heteroatoms. The van der Waals surface area contributed by atoms with E-state index in [1.807, 2.05) is 30.3 Å². The molecular weight excluding hydrogens is 528 g/mol. The summed E-state index contributed by atoms with van der Waals surface area (Å²) < 4.78 is 38.7. The van der Waals surface area contributed by atoms with Crippen LogP contribution >= 0.6 is 11.6 Å². The lowest BCUT2D eigenvalue weighted by molar-refractivity contribution is 0.0914. The Morgan fingerprint density at radius 1 is 1.03 bits per heavy atom. The minimum Gasteiger partial charge on any atom is -0.445 e. The molecule has 0 saturated carbocycles. The zero-order valence-corrected chi connectivity index (χ0v) is 22.5. The summed E-state index contributed by atoms with van der Waals surface area (Å²) in [6.45, 7) is 3.63. The molecule has 1 atom stereocenters. The zero-order valence-electron chi connectivity index (χ0n) is 20.9. The maximum Gasteiger partial charge on any atom is 0.410 e. The smallest absolute Gasteiger partial charge is 0.410 e. The van der Waals surface area contributed by atoms with Crippen molar-refractivity contribution in [1.82, 2.24) is 9.62 Å². The number of carbonyl (C=O) groups excluding carboxylic acids is 2. The highest BCUT2D eigenvalue weighted by Gasteiger charge is 2.25. The Bertz CT molecular complexity index is 1380. The number of halogens is 1. The van der Waals surface area contributed by atoms with Gasteiger partial charge in [-0.1, -0.05) is 60.1 Å². The van der Waals surface area contributed by atoms with Gasteiger partial charge in [0.1, 0.15) is 6.61 Å². The summed E-state index contributed by atoms with van der Waals surface area (Å²) >= 11 is 6.03. The predicted octanol–water partition coefficient (Wildman–Crippen LogP) is 4.59. The van der Waals surface area contributed by atoms with Crippen LogP contribution in [0.5, 0.6) is 0 Å². The Balaban J connectivity index is 1.34. The highest BCUT2D eigenvalue weighted by Crippen LogP contribution is 2.23. The lowest BCUT2D eigenvalue weighted by atomic mass is 9.98. The maximum absolute atomic E-state index is 12.7. The molecular formula is C28H29ClN2O6S. The van der Waals surface area contributed by atoms with E-state index in [9.17, 15) is 18.0 Å². The monoisotopic (exact) mass is 556 g/mol. The first kappa shape index (κ1) is 27.6. The maximum atomic E-state index is 12.7. The fourth-order valence-corrected chi connectivity index (χ4v) is 5.69. The van der Waals surface area contributed by atoms with Crippen LogP contribution in [0.3, 0.4) is 0 Å². The Morgan fingerprint density at radius 2 is 1.76 bits per heavy atom. The molecule has 2 amide bonds. The van der Waals surface area contributed by atoms with Gasteiger partial charge in [-0.15, -0.1) is 0 Å². The van der Waals surface area contributed by atoms with Gasteiger partial charge < -0.3 is 14.4 Å². The fourth-order valence-electron chi connectivity index (χ4n) is 4.22. The number of sulfonamides is 1. The fraction of sp³-hybridized carbons (Fsp3) is 0.286. The predicted molar refractivity (Wildman–Crippen MR) is 143 cm³/mol. The normalized spacial score (nSPS) is 15.9. The van der Waals surface area contributed by atoms with E-state index in [1.165, 1.54) is 12.1 Å². The molecule has 3 aromatic rings. The molecule has 200 valence electrons. The third-order valence-electron chi connectivity index (χ3n) is 6.28. The second-order valence-corrected chi connectivity index (χ2v) is 11.2. The molecule has 1 aliphatic rings. The van der Waals surface area contributed by atoms with Crippen molar-refractivity contribution in [2.45, 2.75) is 24.8 Å². The summed E-state index contributed by atoms with van der Waals surface area (Å²) in [5, 5.41) is 0.301. The van der Waals surface area contributed by atoms with Crippen LogP contribution in [-0.4, -0.2) is 51.6 Å². The standard InChI is InChI=1S/C28H29ClN2O6S/c1-20-25(29)8-5-9-26(20)38(34,35)30-27(32)24-12-10-21(11-13-24)16-23-17-31(14-15-36-18-23)28(33)37-19-22-6-3-2-4-7-22/h2-13,23H,14-19H2,1H3,(H,30,32). The van der Waals surface area contributed by atoms with Crippen molar-refractivity contribution < 1.29 is 27.5 Å². The first-order valence-electron chi connectivity index (χ1n) is 12.2. The molecule has 0 spiro atoms. The van der Waals surface area contributed by atoms with Gasteiger partial charge in [-0.25, -0.2) is 17.9 Å². The number of ether oxygens (including phenoxy) is 2. The number of benzene rings is 3. The van der Waals surface area contributed by atoms with Gasteiger partial charge in [0.2, 0.25) is 0 Å². The molecule has 1 aliphatic heterocycles. The summed E-state index contributed by atoms with van der Waals surface area (Å²) in [4.78, 5) is 26.9. The summed E-state index contributed by atoms with van der Waals surface area (Å²) in [6, 6.07) is 20.7. The summed E-state index contributed by atoms with van der Waals surface area (Å²) in [7, 11) is -4.08. The molecule has 1 fully saturated rings. The van der Waals surface area contributed by atoms with Crippen LogP contribution in [0.25, 0.3) is 0 Å². The molecule has 0 aromatic heterocycles. The van der Waals surface area contributed by atoms with Gasteiger partial charge in [-0.2, -0.15) is 0 Å². The highest BCUT2D eigenvalue weighted by molar-refractivity contribution is 7.90. The van der Waals surface area contributed by atoms with E-state index < -0.39 is 15.9 Å². The molecule has 1 saturated heterocycles.